The molecule has 0 bridgehead atoms. The van der Waals surface area contributed by atoms with Crippen LogP contribution in [0.1, 0.15) is 18.5 Å². The predicted molar refractivity (Wildman–Crippen MR) is 62.4 cm³/mol. The van der Waals surface area contributed by atoms with Gasteiger partial charge in [-0.25, -0.2) is 4.98 Å². The Morgan fingerprint density at radius 2 is 2.13 bits per heavy atom. The van der Waals surface area contributed by atoms with Crippen LogP contribution in [-0.2, 0) is 10.3 Å². The molecular weight excluding hydrogens is 210 g/mol. The molecule has 2 rings (SSSR count). The number of hydrogen-bond donors (Lipinski definition) is 1. The number of hydrogen-bond acceptors (Lipinski definition) is 5. The molecule has 1 aliphatic rings. The van der Waals surface area contributed by atoms with E-state index in [9.17, 15) is 0 Å². The summed E-state index contributed by atoms with van der Waals surface area (Å²) in [6, 6.07) is 0. The maximum absolute atomic E-state index is 6.34. The molecule has 0 aromatic carbocycles. The van der Waals surface area contributed by atoms with Gasteiger partial charge in [0.1, 0.15) is 0 Å². The van der Waals surface area contributed by atoms with Crippen LogP contribution in [-0.4, -0.2) is 32.3 Å². The molecule has 0 unspecified atom stereocenters. The molecule has 1 saturated heterocycles. The van der Waals surface area contributed by atoms with Crippen molar-refractivity contribution in [2.75, 3.05) is 32.2 Å². The highest BCUT2D eigenvalue weighted by Gasteiger charge is 2.32. The summed E-state index contributed by atoms with van der Waals surface area (Å²) in [6.45, 7) is 1.48. The minimum atomic E-state index is -0.275. The minimum absolute atomic E-state index is 0.275. The highest BCUT2D eigenvalue weighted by atomic mass is 32.1. The molecule has 15 heavy (non-hydrogen) atoms. The number of nitrogens with zero attached hydrogens (tertiary/aromatic N) is 2. The summed E-state index contributed by atoms with van der Waals surface area (Å²) in [5, 5.41) is 3.09. The molecule has 0 radical (unpaired) electrons. The first-order valence-electron chi connectivity index (χ1n) is 5.12. The maximum Gasteiger partial charge on any atom is 0.185 e. The molecule has 84 valence electrons. The molecule has 2 N–H and O–H groups in total. The van der Waals surface area contributed by atoms with Crippen molar-refractivity contribution < 1.29 is 4.74 Å². The minimum Gasteiger partial charge on any atom is -0.381 e. The molecular formula is C10H17N3OS. The summed E-state index contributed by atoms with van der Waals surface area (Å²) < 4.78 is 5.33. The predicted octanol–water partition coefficient (Wildman–Crippen LogP) is 1.17. The van der Waals surface area contributed by atoms with Gasteiger partial charge in [-0.3, -0.25) is 0 Å². The van der Waals surface area contributed by atoms with E-state index in [1.807, 2.05) is 19.0 Å². The van der Waals surface area contributed by atoms with Gasteiger partial charge in [-0.15, -0.1) is 11.3 Å². The number of rotatable bonds is 2. The molecule has 0 atom stereocenters. The van der Waals surface area contributed by atoms with E-state index in [0.29, 0.717) is 0 Å². The van der Waals surface area contributed by atoms with Gasteiger partial charge in [0, 0.05) is 32.7 Å². The molecule has 1 aromatic heterocycles. The zero-order valence-electron chi connectivity index (χ0n) is 9.19. The van der Waals surface area contributed by atoms with E-state index in [2.05, 4.69) is 10.4 Å². The summed E-state index contributed by atoms with van der Waals surface area (Å²) in [4.78, 5) is 6.58. The lowest BCUT2D eigenvalue weighted by atomic mass is 9.89. The Bertz CT molecular complexity index is 331. The fraction of sp³-hybridized carbons (Fsp3) is 0.700. The number of ether oxygens (including phenoxy) is 1. The standard InChI is InChI=1S/C10H17N3OS/c1-13(2)9-12-8(7-15-9)10(11)3-5-14-6-4-10/h7H,3-6,11H2,1-2H3. The number of thiazole rings is 1. The third kappa shape index (κ3) is 2.14. The van der Waals surface area contributed by atoms with Crippen molar-refractivity contribution in [3.8, 4) is 0 Å². The average molecular weight is 227 g/mol. The van der Waals surface area contributed by atoms with Gasteiger partial charge in [-0.05, 0) is 12.8 Å². The van der Waals surface area contributed by atoms with Gasteiger partial charge < -0.3 is 15.4 Å². The molecule has 1 aliphatic heterocycles. The zero-order chi connectivity index (χ0) is 10.9. The smallest absolute Gasteiger partial charge is 0.185 e. The molecule has 0 saturated carbocycles. The third-order valence-corrected chi connectivity index (χ3v) is 3.78. The summed E-state index contributed by atoms with van der Waals surface area (Å²) in [6.07, 6.45) is 1.73. The SMILES string of the molecule is CN(C)c1nc(C2(N)CCOCC2)cs1. The molecule has 2 heterocycles. The molecule has 0 spiro atoms. The van der Waals surface area contributed by atoms with Crippen molar-refractivity contribution in [1.29, 1.82) is 0 Å². The molecule has 0 amide bonds. The Labute approximate surface area is 94.1 Å². The number of nitrogens with two attached hydrogens (primary N) is 1. The molecule has 1 fully saturated rings. The molecule has 1 aromatic rings. The van der Waals surface area contributed by atoms with Gasteiger partial charge in [0.2, 0.25) is 0 Å². The van der Waals surface area contributed by atoms with Gasteiger partial charge in [0.25, 0.3) is 0 Å². The largest absolute Gasteiger partial charge is 0.381 e. The Balaban J connectivity index is 2.20. The fourth-order valence-electron chi connectivity index (χ4n) is 1.69. The van der Waals surface area contributed by atoms with E-state index in [1.165, 1.54) is 0 Å². The monoisotopic (exact) mass is 227 g/mol. The third-order valence-electron chi connectivity index (χ3n) is 2.77. The summed E-state index contributed by atoms with van der Waals surface area (Å²) in [5.74, 6) is 0. The van der Waals surface area contributed by atoms with Crippen molar-refractivity contribution in [3.05, 3.63) is 11.1 Å². The van der Waals surface area contributed by atoms with Gasteiger partial charge in [-0.1, -0.05) is 0 Å². The van der Waals surface area contributed by atoms with Crippen molar-refractivity contribution >= 4 is 16.5 Å². The lowest BCUT2D eigenvalue weighted by Gasteiger charge is -2.31. The van der Waals surface area contributed by atoms with Crippen LogP contribution in [0.4, 0.5) is 5.13 Å². The first-order chi connectivity index (χ1) is 7.12. The van der Waals surface area contributed by atoms with Crippen LogP contribution < -0.4 is 10.6 Å². The highest BCUT2D eigenvalue weighted by molar-refractivity contribution is 7.13. The van der Waals surface area contributed by atoms with E-state index in [-0.39, 0.29) is 5.54 Å². The van der Waals surface area contributed by atoms with Crippen LogP contribution in [0, 0.1) is 0 Å². The Morgan fingerprint density at radius 1 is 1.47 bits per heavy atom. The topological polar surface area (TPSA) is 51.4 Å². The Hall–Kier alpha value is -0.650. The van der Waals surface area contributed by atoms with Gasteiger partial charge >= 0.3 is 0 Å². The van der Waals surface area contributed by atoms with Crippen molar-refractivity contribution in [2.24, 2.45) is 5.73 Å². The molecule has 4 nitrogen and oxygen atoms in total. The van der Waals surface area contributed by atoms with Crippen LogP contribution in [0.15, 0.2) is 5.38 Å². The lowest BCUT2D eigenvalue weighted by molar-refractivity contribution is 0.0510. The van der Waals surface area contributed by atoms with Crippen LogP contribution in [0.2, 0.25) is 0 Å². The van der Waals surface area contributed by atoms with Gasteiger partial charge in [-0.2, -0.15) is 0 Å². The second-order valence-corrected chi connectivity index (χ2v) is 5.01. The van der Waals surface area contributed by atoms with Crippen LogP contribution in [0.3, 0.4) is 0 Å². The van der Waals surface area contributed by atoms with Crippen molar-refractivity contribution in [1.82, 2.24) is 4.98 Å². The van der Waals surface area contributed by atoms with Gasteiger partial charge in [0.15, 0.2) is 5.13 Å². The lowest BCUT2D eigenvalue weighted by Crippen LogP contribution is -2.42. The summed E-state index contributed by atoms with van der Waals surface area (Å²) in [7, 11) is 3.99. The first-order valence-corrected chi connectivity index (χ1v) is 6.00. The van der Waals surface area contributed by atoms with E-state index in [1.54, 1.807) is 11.3 Å². The average Bonchev–Trinajstić information content (AvgIpc) is 2.68. The Kier molecular flexibility index (Phi) is 2.95. The quantitative estimate of drug-likeness (QED) is 0.824. The van der Waals surface area contributed by atoms with E-state index in [4.69, 9.17) is 10.5 Å². The second-order valence-electron chi connectivity index (χ2n) is 4.18. The Morgan fingerprint density at radius 3 is 2.67 bits per heavy atom. The van der Waals surface area contributed by atoms with E-state index in [0.717, 1.165) is 36.9 Å². The maximum atomic E-state index is 6.34. The second kappa shape index (κ2) is 4.08. The highest BCUT2D eigenvalue weighted by Crippen LogP contribution is 2.32. The van der Waals surface area contributed by atoms with Crippen LogP contribution in [0.5, 0.6) is 0 Å². The molecule has 5 heteroatoms. The normalized spacial score (nSPS) is 20.2. The van der Waals surface area contributed by atoms with Crippen molar-refractivity contribution in [3.63, 3.8) is 0 Å². The van der Waals surface area contributed by atoms with E-state index >= 15 is 0 Å². The number of aromatic nitrogens is 1. The van der Waals surface area contributed by atoms with Gasteiger partial charge in [0.05, 0.1) is 11.2 Å². The molecule has 0 aliphatic carbocycles. The first kappa shape index (κ1) is 10.9. The van der Waals surface area contributed by atoms with Crippen LogP contribution >= 0.6 is 11.3 Å². The van der Waals surface area contributed by atoms with E-state index < -0.39 is 0 Å². The van der Waals surface area contributed by atoms with Crippen LogP contribution in [0.25, 0.3) is 0 Å². The number of anilines is 1. The summed E-state index contributed by atoms with van der Waals surface area (Å²) >= 11 is 1.64. The van der Waals surface area contributed by atoms with Crippen molar-refractivity contribution in [2.45, 2.75) is 18.4 Å². The zero-order valence-corrected chi connectivity index (χ0v) is 10.0. The summed E-state index contributed by atoms with van der Waals surface area (Å²) in [5.41, 5.74) is 7.08. The fourth-order valence-corrected chi connectivity index (χ4v) is 2.56.